The van der Waals surface area contributed by atoms with Gasteiger partial charge in [0.25, 0.3) is 0 Å². The third kappa shape index (κ3) is 6.85. The van der Waals surface area contributed by atoms with Gasteiger partial charge in [0, 0.05) is 49.3 Å². The third-order valence-corrected chi connectivity index (χ3v) is 7.36. The summed E-state index contributed by atoms with van der Waals surface area (Å²) in [5, 5.41) is 0. The van der Waals surface area contributed by atoms with Crippen LogP contribution in [0.4, 0.5) is 24.9 Å². The van der Waals surface area contributed by atoms with Crippen LogP contribution in [0.2, 0.25) is 0 Å². The first-order valence-corrected chi connectivity index (χ1v) is 13.9. The lowest BCUT2D eigenvalue weighted by molar-refractivity contribution is -0.190. The van der Waals surface area contributed by atoms with E-state index in [0.717, 1.165) is 11.1 Å². The van der Waals surface area contributed by atoms with E-state index < -0.39 is 24.1 Å². The van der Waals surface area contributed by atoms with Gasteiger partial charge in [-0.1, -0.05) is 24.3 Å². The predicted molar refractivity (Wildman–Crippen MR) is 161 cm³/mol. The van der Waals surface area contributed by atoms with Crippen LogP contribution in [0.1, 0.15) is 44.2 Å². The molecule has 1 aliphatic heterocycles. The molecule has 3 heterocycles. The van der Waals surface area contributed by atoms with E-state index in [1.807, 2.05) is 29.2 Å². The van der Waals surface area contributed by atoms with Crippen molar-refractivity contribution in [3.63, 3.8) is 0 Å². The number of halogens is 3. The standard InChI is InChI=1S/C32H29F3N6O5/c1-44-25-15-18(13-21-17-39-31(37)40-29(21)36)14-23(28(25)45-2)24(42)10-12-41-11-9-19-5-3-4-6-22(19)27(41)20-7-8-26(38-16-20)46-30(43)32(33,34)35/h3-8,10,12,14-17,27H,9,11,13H2,1-2H3,(H4,36,37,39,40)/b12-10+. The van der Waals surface area contributed by atoms with Crippen molar-refractivity contribution in [3.05, 3.63) is 107 Å². The number of benzene rings is 2. The number of nitrogens with two attached hydrogens (primary N) is 2. The number of fused-ring (bicyclic) bond motifs is 1. The van der Waals surface area contributed by atoms with E-state index in [4.69, 9.17) is 20.9 Å². The lowest BCUT2D eigenvalue weighted by Crippen LogP contribution is -2.32. The number of alkyl halides is 3. The van der Waals surface area contributed by atoms with E-state index in [0.29, 0.717) is 41.8 Å². The highest BCUT2D eigenvalue weighted by Gasteiger charge is 2.41. The lowest BCUT2D eigenvalue weighted by atomic mass is 9.89. The molecule has 238 valence electrons. The van der Waals surface area contributed by atoms with Crippen molar-refractivity contribution in [1.82, 2.24) is 19.9 Å². The molecule has 2 aromatic carbocycles. The van der Waals surface area contributed by atoms with E-state index >= 15 is 0 Å². The molecule has 1 unspecified atom stereocenters. The SMILES string of the molecule is COc1cc(Cc2cnc(N)nc2N)cc(C(=O)/C=C/N2CCc3ccccc3C2c2ccc(OC(=O)C(F)(F)F)nc2)c1OC. The van der Waals surface area contributed by atoms with Crippen molar-refractivity contribution in [2.45, 2.75) is 25.1 Å². The molecule has 2 aromatic heterocycles. The van der Waals surface area contributed by atoms with Gasteiger partial charge in [-0.25, -0.2) is 14.8 Å². The van der Waals surface area contributed by atoms with Crippen molar-refractivity contribution in [2.24, 2.45) is 0 Å². The number of pyridine rings is 1. The summed E-state index contributed by atoms with van der Waals surface area (Å²) in [5.74, 6) is -2.37. The molecule has 0 saturated heterocycles. The van der Waals surface area contributed by atoms with E-state index in [2.05, 4.69) is 19.7 Å². The highest BCUT2D eigenvalue weighted by molar-refractivity contribution is 6.07. The number of hydrogen-bond acceptors (Lipinski definition) is 11. The zero-order valence-electron chi connectivity index (χ0n) is 24.7. The number of aromatic nitrogens is 3. The van der Waals surface area contributed by atoms with Crippen LogP contribution in [-0.2, 0) is 17.6 Å². The van der Waals surface area contributed by atoms with Gasteiger partial charge in [-0.05, 0) is 46.9 Å². The molecule has 0 fully saturated rings. The average molecular weight is 635 g/mol. The molecular weight excluding hydrogens is 605 g/mol. The zero-order chi connectivity index (χ0) is 33.0. The molecule has 46 heavy (non-hydrogen) atoms. The first-order chi connectivity index (χ1) is 22.0. The number of nitrogens with zero attached hydrogens (tertiary/aromatic N) is 4. The Bertz CT molecular complexity index is 1800. The molecular formula is C32H29F3N6O5. The number of nitrogen functional groups attached to an aromatic ring is 2. The van der Waals surface area contributed by atoms with Crippen molar-refractivity contribution >= 4 is 23.5 Å². The molecule has 0 saturated carbocycles. The fourth-order valence-electron chi connectivity index (χ4n) is 5.23. The van der Waals surface area contributed by atoms with Crippen LogP contribution in [0.5, 0.6) is 17.4 Å². The Hall–Kier alpha value is -5.66. The smallest absolute Gasteiger partial charge is 0.491 e. The van der Waals surface area contributed by atoms with Crippen LogP contribution in [0.3, 0.4) is 0 Å². The zero-order valence-corrected chi connectivity index (χ0v) is 24.7. The molecule has 5 rings (SSSR count). The van der Waals surface area contributed by atoms with Gasteiger partial charge in [-0.2, -0.15) is 18.2 Å². The predicted octanol–water partition coefficient (Wildman–Crippen LogP) is 4.46. The molecule has 11 nitrogen and oxygen atoms in total. The van der Waals surface area contributed by atoms with Gasteiger partial charge >= 0.3 is 12.1 Å². The topological polar surface area (TPSA) is 156 Å². The van der Waals surface area contributed by atoms with Gasteiger partial charge in [0.05, 0.1) is 25.8 Å². The number of ketones is 1. The quantitative estimate of drug-likeness (QED) is 0.152. The minimum atomic E-state index is -5.15. The summed E-state index contributed by atoms with van der Waals surface area (Å²) >= 11 is 0. The second-order valence-electron chi connectivity index (χ2n) is 10.3. The van der Waals surface area contributed by atoms with Gasteiger partial charge in [0.1, 0.15) is 5.82 Å². The highest BCUT2D eigenvalue weighted by atomic mass is 19.4. The van der Waals surface area contributed by atoms with Gasteiger partial charge in [0.15, 0.2) is 17.3 Å². The number of rotatable bonds is 9. The minimum absolute atomic E-state index is 0.0461. The van der Waals surface area contributed by atoms with Crippen LogP contribution in [0, 0.1) is 0 Å². The molecule has 4 N–H and O–H groups in total. The maximum Gasteiger partial charge on any atom is 0.491 e. The second-order valence-corrected chi connectivity index (χ2v) is 10.3. The summed E-state index contributed by atoms with van der Waals surface area (Å²) in [4.78, 5) is 38.8. The molecule has 0 aliphatic carbocycles. The van der Waals surface area contributed by atoms with Crippen LogP contribution < -0.4 is 25.7 Å². The summed E-state index contributed by atoms with van der Waals surface area (Å²) in [7, 11) is 2.90. The molecule has 1 atom stereocenters. The third-order valence-electron chi connectivity index (χ3n) is 7.36. The number of carbonyl (C=O) groups is 2. The van der Waals surface area contributed by atoms with Gasteiger partial charge < -0.3 is 30.6 Å². The van der Waals surface area contributed by atoms with E-state index in [1.54, 1.807) is 18.3 Å². The summed E-state index contributed by atoms with van der Waals surface area (Å²) < 4.78 is 53.4. The van der Waals surface area contributed by atoms with Crippen molar-refractivity contribution in [2.75, 3.05) is 32.2 Å². The highest BCUT2D eigenvalue weighted by Crippen LogP contribution is 2.37. The molecule has 0 amide bonds. The second kappa shape index (κ2) is 13.1. The number of esters is 1. The Morgan fingerprint density at radius 3 is 2.50 bits per heavy atom. The number of ether oxygens (including phenoxy) is 3. The van der Waals surface area contributed by atoms with Crippen molar-refractivity contribution < 1.29 is 37.0 Å². The molecule has 0 radical (unpaired) electrons. The van der Waals surface area contributed by atoms with Crippen molar-refractivity contribution in [1.29, 1.82) is 0 Å². The van der Waals surface area contributed by atoms with Gasteiger partial charge in [-0.15, -0.1) is 0 Å². The van der Waals surface area contributed by atoms with Crippen LogP contribution >= 0.6 is 0 Å². The number of anilines is 2. The number of hydrogen-bond donors (Lipinski definition) is 2. The van der Waals surface area contributed by atoms with Crippen LogP contribution in [-0.4, -0.2) is 58.5 Å². The molecule has 14 heteroatoms. The van der Waals surface area contributed by atoms with Crippen molar-refractivity contribution in [3.8, 4) is 17.4 Å². The lowest BCUT2D eigenvalue weighted by Gasteiger charge is -2.37. The minimum Gasteiger partial charge on any atom is -0.493 e. The van der Waals surface area contributed by atoms with Gasteiger partial charge in [-0.3, -0.25) is 4.79 Å². The molecule has 1 aliphatic rings. The maximum atomic E-state index is 13.7. The van der Waals surface area contributed by atoms with E-state index in [9.17, 15) is 22.8 Å². The number of carbonyl (C=O) groups excluding carboxylic acids is 2. The first kappa shape index (κ1) is 31.8. The van der Waals surface area contributed by atoms with E-state index in [-0.39, 0.29) is 28.9 Å². The largest absolute Gasteiger partial charge is 0.493 e. The Morgan fingerprint density at radius 2 is 1.83 bits per heavy atom. The Labute approximate surface area is 261 Å². The van der Waals surface area contributed by atoms with Gasteiger partial charge in [0.2, 0.25) is 11.8 Å². The summed E-state index contributed by atoms with van der Waals surface area (Å²) in [6.45, 7) is 0.521. The Kier molecular flexibility index (Phi) is 9.07. The van der Waals surface area contributed by atoms with E-state index in [1.165, 1.54) is 44.8 Å². The Balaban J connectivity index is 1.45. The maximum absolute atomic E-state index is 13.7. The first-order valence-electron chi connectivity index (χ1n) is 13.9. The fourth-order valence-corrected chi connectivity index (χ4v) is 5.23. The molecule has 4 aromatic rings. The van der Waals surface area contributed by atoms with Crippen LogP contribution in [0.15, 0.2) is 73.2 Å². The average Bonchev–Trinajstić information content (AvgIpc) is 3.04. The summed E-state index contributed by atoms with van der Waals surface area (Å²) in [5.41, 5.74) is 15.8. The summed E-state index contributed by atoms with van der Waals surface area (Å²) in [6, 6.07) is 13.4. The van der Waals surface area contributed by atoms with Crippen LogP contribution in [0.25, 0.3) is 0 Å². The molecule has 0 bridgehead atoms. The molecule has 0 spiro atoms. The monoisotopic (exact) mass is 634 g/mol. The normalized spacial score (nSPS) is 14.5. The Morgan fingerprint density at radius 1 is 1.04 bits per heavy atom. The summed E-state index contributed by atoms with van der Waals surface area (Å²) in [6.07, 6.45) is 1.76. The number of allylic oxidation sites excluding steroid dienone is 1. The fraction of sp³-hybridized carbons (Fsp3) is 0.219. The number of methoxy groups -OCH3 is 2.